The maximum Gasteiger partial charge on any atom is 0.294 e. The van der Waals surface area contributed by atoms with Gasteiger partial charge in [-0.1, -0.05) is 0 Å². The summed E-state index contributed by atoms with van der Waals surface area (Å²) in [7, 11) is 1.73. The van der Waals surface area contributed by atoms with Gasteiger partial charge in [0.15, 0.2) is 0 Å². The van der Waals surface area contributed by atoms with Gasteiger partial charge in [-0.05, 0) is 41.1 Å². The highest BCUT2D eigenvalue weighted by Crippen LogP contribution is 2.19. The number of aromatic nitrogens is 2. The molecule has 1 aromatic heterocycles. The maximum atomic E-state index is 13.1. The second-order valence-corrected chi connectivity index (χ2v) is 4.59. The lowest BCUT2D eigenvalue weighted by atomic mass is 10.3. The van der Waals surface area contributed by atoms with Crippen LogP contribution in [0.15, 0.2) is 27.5 Å². The van der Waals surface area contributed by atoms with Crippen LogP contribution >= 0.6 is 15.9 Å². The van der Waals surface area contributed by atoms with Crippen LogP contribution in [0.4, 0.5) is 10.1 Å². The minimum atomic E-state index is -0.374. The van der Waals surface area contributed by atoms with Crippen LogP contribution in [-0.2, 0) is 7.05 Å². The molecule has 2 rings (SSSR count). The van der Waals surface area contributed by atoms with E-state index in [0.717, 1.165) is 0 Å². The standard InChI is InChI=1S/C11H11BrFN3O/c1-6-10(14)11(17)16(15(6)2)7-3-4-9(13)8(12)5-7/h3-5H,14H2,1-2H3. The van der Waals surface area contributed by atoms with Crippen LogP contribution in [0.2, 0.25) is 0 Å². The van der Waals surface area contributed by atoms with Crippen molar-refractivity contribution in [3.63, 3.8) is 0 Å². The fourth-order valence-corrected chi connectivity index (χ4v) is 2.00. The van der Waals surface area contributed by atoms with Crippen molar-refractivity contribution in [2.24, 2.45) is 7.05 Å². The van der Waals surface area contributed by atoms with E-state index in [0.29, 0.717) is 15.9 Å². The van der Waals surface area contributed by atoms with Gasteiger partial charge in [-0.15, -0.1) is 0 Å². The predicted octanol–water partition coefficient (Wildman–Crippen LogP) is 1.97. The van der Waals surface area contributed by atoms with E-state index in [1.54, 1.807) is 18.7 Å². The molecule has 0 saturated heterocycles. The SMILES string of the molecule is Cc1c(N)c(=O)n(-c2ccc(F)c(Br)c2)n1C. The zero-order chi connectivity index (χ0) is 12.7. The van der Waals surface area contributed by atoms with Crippen LogP contribution in [-0.4, -0.2) is 9.36 Å². The molecule has 0 fully saturated rings. The molecule has 2 N–H and O–H groups in total. The van der Waals surface area contributed by atoms with Crippen molar-refractivity contribution in [1.82, 2.24) is 9.36 Å². The first-order chi connectivity index (χ1) is 7.93. The molecule has 1 heterocycles. The van der Waals surface area contributed by atoms with E-state index in [2.05, 4.69) is 15.9 Å². The summed E-state index contributed by atoms with van der Waals surface area (Å²) in [5, 5.41) is 0. The molecule has 0 spiro atoms. The highest BCUT2D eigenvalue weighted by atomic mass is 79.9. The molecule has 0 unspecified atom stereocenters. The molecule has 1 aromatic carbocycles. The molecule has 0 aliphatic heterocycles. The van der Waals surface area contributed by atoms with Crippen molar-refractivity contribution in [2.75, 3.05) is 5.73 Å². The summed E-state index contributed by atoms with van der Waals surface area (Å²) in [5.74, 6) is -0.374. The van der Waals surface area contributed by atoms with Crippen molar-refractivity contribution in [3.05, 3.63) is 44.5 Å². The summed E-state index contributed by atoms with van der Waals surface area (Å²) in [4.78, 5) is 11.9. The molecule has 2 aromatic rings. The van der Waals surface area contributed by atoms with Crippen LogP contribution in [0.25, 0.3) is 5.69 Å². The third kappa shape index (κ3) is 1.78. The average Bonchev–Trinajstić information content (AvgIpc) is 2.48. The molecule has 17 heavy (non-hydrogen) atoms. The largest absolute Gasteiger partial charge is 0.393 e. The Balaban J connectivity index is 2.73. The third-order valence-corrected chi connectivity index (χ3v) is 3.35. The van der Waals surface area contributed by atoms with Crippen LogP contribution in [0.3, 0.4) is 0 Å². The second kappa shape index (κ2) is 4.03. The van der Waals surface area contributed by atoms with E-state index >= 15 is 0 Å². The first-order valence-electron chi connectivity index (χ1n) is 4.93. The van der Waals surface area contributed by atoms with Crippen LogP contribution in [0.5, 0.6) is 0 Å². The lowest BCUT2D eigenvalue weighted by molar-refractivity contribution is 0.610. The Morgan fingerprint density at radius 1 is 1.41 bits per heavy atom. The summed E-state index contributed by atoms with van der Waals surface area (Å²) in [5.41, 5.74) is 6.81. The Morgan fingerprint density at radius 3 is 2.53 bits per heavy atom. The zero-order valence-electron chi connectivity index (χ0n) is 9.37. The first-order valence-corrected chi connectivity index (χ1v) is 5.72. The fourth-order valence-electron chi connectivity index (χ4n) is 1.64. The minimum Gasteiger partial charge on any atom is -0.393 e. The van der Waals surface area contributed by atoms with Gasteiger partial charge in [-0.2, -0.15) is 0 Å². The molecule has 0 saturated carbocycles. The summed E-state index contributed by atoms with van der Waals surface area (Å²) in [6.07, 6.45) is 0. The summed E-state index contributed by atoms with van der Waals surface area (Å²) in [6.45, 7) is 1.76. The third-order valence-electron chi connectivity index (χ3n) is 2.75. The number of nitrogens with zero attached hydrogens (tertiary/aromatic N) is 2. The van der Waals surface area contributed by atoms with Crippen molar-refractivity contribution >= 4 is 21.6 Å². The van der Waals surface area contributed by atoms with Gasteiger partial charge in [-0.3, -0.25) is 9.48 Å². The molecular weight excluding hydrogens is 289 g/mol. The summed E-state index contributed by atoms with van der Waals surface area (Å²) in [6, 6.07) is 4.36. The van der Waals surface area contributed by atoms with Crippen LogP contribution < -0.4 is 11.3 Å². The van der Waals surface area contributed by atoms with Crippen molar-refractivity contribution in [2.45, 2.75) is 6.92 Å². The maximum absolute atomic E-state index is 13.1. The topological polar surface area (TPSA) is 53.0 Å². The van der Waals surface area contributed by atoms with E-state index in [9.17, 15) is 9.18 Å². The molecule has 6 heteroatoms. The number of nitrogen functional groups attached to an aromatic ring is 1. The van der Waals surface area contributed by atoms with E-state index in [4.69, 9.17) is 5.73 Å². The van der Waals surface area contributed by atoms with E-state index < -0.39 is 0 Å². The second-order valence-electron chi connectivity index (χ2n) is 3.74. The smallest absolute Gasteiger partial charge is 0.294 e. The van der Waals surface area contributed by atoms with Crippen LogP contribution in [0.1, 0.15) is 5.69 Å². The Bertz CT molecular complexity index is 645. The summed E-state index contributed by atoms with van der Waals surface area (Å²) < 4.78 is 16.5. The number of hydrogen-bond acceptors (Lipinski definition) is 2. The Morgan fingerprint density at radius 2 is 2.06 bits per heavy atom. The zero-order valence-corrected chi connectivity index (χ0v) is 11.0. The van der Waals surface area contributed by atoms with Gasteiger partial charge in [0.05, 0.1) is 15.9 Å². The normalized spacial score (nSPS) is 10.8. The number of hydrogen-bond donors (Lipinski definition) is 1. The van der Waals surface area contributed by atoms with Crippen molar-refractivity contribution < 1.29 is 4.39 Å². The first kappa shape index (κ1) is 11.9. The Labute approximate surface area is 106 Å². The quantitative estimate of drug-likeness (QED) is 0.875. The van der Waals surface area contributed by atoms with Gasteiger partial charge in [0.25, 0.3) is 5.56 Å². The number of halogens is 2. The summed E-state index contributed by atoms with van der Waals surface area (Å²) >= 11 is 3.09. The molecule has 0 radical (unpaired) electrons. The average molecular weight is 300 g/mol. The lowest BCUT2D eigenvalue weighted by Gasteiger charge is -2.08. The van der Waals surface area contributed by atoms with Crippen molar-refractivity contribution in [3.8, 4) is 5.69 Å². The number of benzene rings is 1. The van der Waals surface area contributed by atoms with Gasteiger partial charge in [-0.25, -0.2) is 9.07 Å². The van der Waals surface area contributed by atoms with Crippen molar-refractivity contribution in [1.29, 1.82) is 0 Å². The van der Waals surface area contributed by atoms with Gasteiger partial charge in [0.2, 0.25) is 0 Å². The van der Waals surface area contributed by atoms with Gasteiger partial charge >= 0.3 is 0 Å². The van der Waals surface area contributed by atoms with Gasteiger partial charge in [0, 0.05) is 7.05 Å². The van der Waals surface area contributed by atoms with Crippen LogP contribution in [0, 0.1) is 12.7 Å². The predicted molar refractivity (Wildman–Crippen MR) is 67.8 cm³/mol. The number of nitrogens with two attached hydrogens (primary N) is 1. The molecule has 0 bridgehead atoms. The Kier molecular flexibility index (Phi) is 2.82. The minimum absolute atomic E-state index is 0.202. The lowest BCUT2D eigenvalue weighted by Crippen LogP contribution is -2.20. The van der Waals surface area contributed by atoms with E-state index in [-0.39, 0.29) is 17.1 Å². The monoisotopic (exact) mass is 299 g/mol. The van der Waals surface area contributed by atoms with E-state index in [1.165, 1.54) is 22.9 Å². The number of rotatable bonds is 1. The van der Waals surface area contributed by atoms with Gasteiger partial charge < -0.3 is 5.73 Å². The fraction of sp³-hybridized carbons (Fsp3) is 0.182. The van der Waals surface area contributed by atoms with Gasteiger partial charge in [0.1, 0.15) is 11.5 Å². The molecular formula is C11H11BrFN3O. The number of anilines is 1. The highest BCUT2D eigenvalue weighted by Gasteiger charge is 2.13. The molecule has 4 nitrogen and oxygen atoms in total. The molecule has 90 valence electrons. The molecule has 0 aliphatic carbocycles. The molecule has 0 amide bonds. The Hall–Kier alpha value is -1.56. The van der Waals surface area contributed by atoms with E-state index in [1.807, 2.05) is 0 Å². The molecule has 0 aliphatic rings. The highest BCUT2D eigenvalue weighted by molar-refractivity contribution is 9.10. The molecule has 0 atom stereocenters.